The molecule has 3 rings (SSSR count). The fourth-order valence-electron chi connectivity index (χ4n) is 2.34. The molecule has 1 N–H and O–H groups in total. The van der Waals surface area contributed by atoms with Crippen LogP contribution in [-0.4, -0.2) is 14.8 Å². The molecule has 2 aromatic rings. The van der Waals surface area contributed by atoms with E-state index in [0.717, 1.165) is 5.56 Å². The second-order valence-corrected chi connectivity index (χ2v) is 6.67. The summed E-state index contributed by atoms with van der Waals surface area (Å²) in [6.07, 6.45) is 0. The molecule has 0 aromatic heterocycles. The van der Waals surface area contributed by atoms with Crippen molar-refractivity contribution in [1.82, 2.24) is 0 Å². The van der Waals surface area contributed by atoms with Crippen LogP contribution in [0.4, 0.5) is 0 Å². The zero-order valence-electron chi connectivity index (χ0n) is 11.4. The first kappa shape index (κ1) is 13.3. The molecular weight excluding hydrogens is 272 g/mol. The minimum absolute atomic E-state index is 0.586. The molecule has 0 spiro atoms. The first-order valence-corrected chi connectivity index (χ1v) is 7.67. The smallest absolute Gasteiger partial charge is 0.210 e. The van der Waals surface area contributed by atoms with Crippen molar-refractivity contribution >= 4 is 10.8 Å². The molecule has 0 saturated carbocycles. The van der Waals surface area contributed by atoms with Crippen LogP contribution in [0.2, 0.25) is 0 Å². The zero-order valence-corrected chi connectivity index (χ0v) is 12.2. The lowest BCUT2D eigenvalue weighted by atomic mass is 9.96. The molecule has 0 aliphatic carbocycles. The van der Waals surface area contributed by atoms with Gasteiger partial charge in [0.1, 0.15) is 22.2 Å². The first-order chi connectivity index (χ1) is 9.50. The summed E-state index contributed by atoms with van der Waals surface area (Å²) in [4.78, 5) is 0.643. The number of rotatable bonds is 2. The van der Waals surface area contributed by atoms with Gasteiger partial charge in [-0.05, 0) is 31.5 Å². The van der Waals surface area contributed by atoms with Crippen molar-refractivity contribution < 1.29 is 14.1 Å². The quantitative estimate of drug-likeness (QED) is 0.924. The van der Waals surface area contributed by atoms with Crippen molar-refractivity contribution in [1.29, 1.82) is 0 Å². The van der Waals surface area contributed by atoms with Crippen molar-refractivity contribution in [2.24, 2.45) is 0 Å². The van der Waals surface area contributed by atoms with Crippen LogP contribution in [0.3, 0.4) is 0 Å². The number of benzene rings is 2. The SMILES string of the molecule is Cc1ccc([C@@](C)(O)[C@H]2Oc3ccccc3S2=O)cc1. The molecule has 0 fully saturated rings. The Hall–Kier alpha value is -1.65. The van der Waals surface area contributed by atoms with E-state index in [-0.39, 0.29) is 0 Å². The summed E-state index contributed by atoms with van der Waals surface area (Å²) in [6.45, 7) is 3.63. The van der Waals surface area contributed by atoms with E-state index in [9.17, 15) is 9.32 Å². The number of fused-ring (bicyclic) bond motifs is 1. The van der Waals surface area contributed by atoms with Crippen LogP contribution < -0.4 is 4.74 Å². The van der Waals surface area contributed by atoms with Gasteiger partial charge in [-0.25, -0.2) is 0 Å². The summed E-state index contributed by atoms with van der Waals surface area (Å²) in [5.74, 6) is 0.586. The van der Waals surface area contributed by atoms with Crippen LogP contribution in [-0.2, 0) is 16.4 Å². The van der Waals surface area contributed by atoms with E-state index >= 15 is 0 Å². The van der Waals surface area contributed by atoms with Gasteiger partial charge in [-0.3, -0.25) is 4.21 Å². The van der Waals surface area contributed by atoms with Crippen LogP contribution in [0, 0.1) is 6.92 Å². The molecule has 1 heterocycles. The van der Waals surface area contributed by atoms with E-state index in [1.54, 1.807) is 19.1 Å². The third-order valence-electron chi connectivity index (χ3n) is 3.59. The Kier molecular flexibility index (Phi) is 3.15. The lowest BCUT2D eigenvalue weighted by molar-refractivity contribution is -0.00945. The van der Waals surface area contributed by atoms with E-state index in [1.807, 2.05) is 43.3 Å². The normalized spacial score (nSPS) is 23.8. The van der Waals surface area contributed by atoms with Crippen LogP contribution in [0.25, 0.3) is 0 Å². The van der Waals surface area contributed by atoms with Crippen molar-refractivity contribution in [2.75, 3.05) is 0 Å². The molecule has 0 bridgehead atoms. The molecule has 4 heteroatoms. The second-order valence-electron chi connectivity index (χ2n) is 5.21. The molecule has 1 aliphatic heterocycles. The van der Waals surface area contributed by atoms with Crippen molar-refractivity contribution in [3.8, 4) is 5.75 Å². The Morgan fingerprint density at radius 1 is 1.15 bits per heavy atom. The lowest BCUT2D eigenvalue weighted by Gasteiger charge is -2.28. The number of para-hydroxylation sites is 1. The summed E-state index contributed by atoms with van der Waals surface area (Å²) in [6, 6.07) is 14.7. The largest absolute Gasteiger partial charge is 0.472 e. The minimum atomic E-state index is -1.38. The van der Waals surface area contributed by atoms with E-state index in [2.05, 4.69) is 0 Å². The van der Waals surface area contributed by atoms with Gasteiger partial charge in [0.2, 0.25) is 5.44 Å². The number of aliphatic hydroxyl groups is 1. The van der Waals surface area contributed by atoms with Crippen LogP contribution in [0.15, 0.2) is 53.4 Å². The average molecular weight is 288 g/mol. The highest BCUT2D eigenvalue weighted by molar-refractivity contribution is 7.86. The van der Waals surface area contributed by atoms with Crippen molar-refractivity contribution in [3.63, 3.8) is 0 Å². The Morgan fingerprint density at radius 3 is 2.45 bits per heavy atom. The molecule has 0 amide bonds. The standard InChI is InChI=1S/C16H16O3S/c1-11-7-9-12(10-8-11)16(2,17)15-19-13-5-3-4-6-14(13)20(15)18/h3-10,15,17H,1-2H3/t15-,16+,20?/m0/s1. The van der Waals surface area contributed by atoms with Gasteiger partial charge in [-0.15, -0.1) is 0 Å². The second kappa shape index (κ2) is 4.72. The fraction of sp³-hybridized carbons (Fsp3) is 0.250. The zero-order chi connectivity index (χ0) is 14.3. The maximum Gasteiger partial charge on any atom is 0.210 e. The van der Waals surface area contributed by atoms with Gasteiger partial charge in [-0.1, -0.05) is 42.0 Å². The number of hydrogen-bond donors (Lipinski definition) is 1. The Morgan fingerprint density at radius 2 is 1.80 bits per heavy atom. The molecule has 1 aliphatic rings. The molecule has 3 atom stereocenters. The Labute approximate surface area is 120 Å². The van der Waals surface area contributed by atoms with Gasteiger partial charge in [-0.2, -0.15) is 0 Å². The topological polar surface area (TPSA) is 46.5 Å². The van der Waals surface area contributed by atoms with E-state index in [0.29, 0.717) is 16.2 Å². The van der Waals surface area contributed by atoms with Crippen LogP contribution >= 0.6 is 0 Å². The number of ether oxygens (including phenoxy) is 1. The third kappa shape index (κ3) is 2.05. The van der Waals surface area contributed by atoms with Crippen molar-refractivity contribution in [3.05, 3.63) is 59.7 Å². The van der Waals surface area contributed by atoms with E-state index in [1.165, 1.54) is 0 Å². The molecule has 1 unspecified atom stereocenters. The van der Waals surface area contributed by atoms with Gasteiger partial charge >= 0.3 is 0 Å². The van der Waals surface area contributed by atoms with Crippen LogP contribution in [0.1, 0.15) is 18.1 Å². The molecule has 2 aromatic carbocycles. The van der Waals surface area contributed by atoms with Gasteiger partial charge in [0.15, 0.2) is 0 Å². The monoisotopic (exact) mass is 288 g/mol. The third-order valence-corrected chi connectivity index (χ3v) is 5.30. The highest BCUT2D eigenvalue weighted by Gasteiger charge is 2.45. The van der Waals surface area contributed by atoms with E-state index < -0.39 is 21.8 Å². The maximum absolute atomic E-state index is 12.5. The maximum atomic E-state index is 12.5. The molecule has 20 heavy (non-hydrogen) atoms. The van der Waals surface area contributed by atoms with Gasteiger partial charge in [0.05, 0.1) is 4.90 Å². The molecule has 0 saturated heterocycles. The highest BCUT2D eigenvalue weighted by Crippen LogP contribution is 2.40. The first-order valence-electron chi connectivity index (χ1n) is 6.46. The number of aryl methyl sites for hydroxylation is 1. The summed E-state index contributed by atoms with van der Waals surface area (Å²) in [7, 11) is -1.38. The lowest BCUT2D eigenvalue weighted by Crippen LogP contribution is -2.41. The van der Waals surface area contributed by atoms with Gasteiger partial charge in [0.25, 0.3) is 0 Å². The molecule has 104 valence electrons. The molecular formula is C16H16O3S. The van der Waals surface area contributed by atoms with Gasteiger partial charge < -0.3 is 9.84 Å². The predicted octanol–water partition coefficient (Wildman–Crippen LogP) is 2.73. The summed E-state index contributed by atoms with van der Waals surface area (Å²) in [5.41, 5.74) is -0.282. The summed E-state index contributed by atoms with van der Waals surface area (Å²) in [5, 5.41) is 10.8. The minimum Gasteiger partial charge on any atom is -0.472 e. The highest BCUT2D eigenvalue weighted by atomic mass is 32.2. The summed E-state index contributed by atoms with van der Waals surface area (Å²) < 4.78 is 18.2. The van der Waals surface area contributed by atoms with Crippen molar-refractivity contribution in [2.45, 2.75) is 29.8 Å². The number of hydrogen-bond acceptors (Lipinski definition) is 3. The average Bonchev–Trinajstić information content (AvgIpc) is 2.78. The summed E-state index contributed by atoms with van der Waals surface area (Å²) >= 11 is 0. The predicted molar refractivity (Wildman–Crippen MR) is 78.0 cm³/mol. The molecule has 3 nitrogen and oxygen atoms in total. The van der Waals surface area contributed by atoms with E-state index in [4.69, 9.17) is 4.74 Å². The Balaban J connectivity index is 1.98. The Bertz CT molecular complexity index is 662. The van der Waals surface area contributed by atoms with Crippen LogP contribution in [0.5, 0.6) is 5.75 Å². The van der Waals surface area contributed by atoms with Gasteiger partial charge in [0, 0.05) is 0 Å². The molecule has 0 radical (unpaired) electrons. The fourth-order valence-corrected chi connectivity index (χ4v) is 3.84.